The summed E-state index contributed by atoms with van der Waals surface area (Å²) in [7, 11) is -1.82. The number of H-pyrrole nitrogens is 2. The first-order valence-corrected chi connectivity index (χ1v) is 42.4. The van der Waals surface area contributed by atoms with Crippen molar-refractivity contribution >= 4 is 68.2 Å². The number of nitriles is 1. The molecule has 0 saturated heterocycles. The van der Waals surface area contributed by atoms with E-state index >= 15 is 0 Å². The topological polar surface area (TPSA) is 368 Å². The fourth-order valence-electron chi connectivity index (χ4n) is 17.4. The van der Waals surface area contributed by atoms with Gasteiger partial charge in [0.2, 0.25) is 23.5 Å². The molecule has 0 bridgehead atoms. The number of rotatable bonds is 17. The highest BCUT2D eigenvalue weighted by Crippen LogP contribution is 2.58. The Morgan fingerprint density at radius 3 is 1.40 bits per heavy atom. The second kappa shape index (κ2) is 34.4. The summed E-state index contributed by atoms with van der Waals surface area (Å²) in [6, 6.07) is 49.8. The number of Topliss-reactive ketones (excluding diaryl/α,β-unsaturated/α-hetero) is 2. The van der Waals surface area contributed by atoms with Crippen molar-refractivity contribution in [3.05, 3.63) is 325 Å². The molecule has 2 aliphatic heterocycles. The van der Waals surface area contributed by atoms with E-state index in [4.69, 9.17) is 9.37 Å². The van der Waals surface area contributed by atoms with Gasteiger partial charge in [-0.3, -0.25) is 57.9 Å². The van der Waals surface area contributed by atoms with Gasteiger partial charge in [-0.15, -0.1) is 10.2 Å². The lowest BCUT2D eigenvalue weighted by Gasteiger charge is -2.23. The number of aromatic nitrogens is 10. The predicted molar refractivity (Wildman–Crippen MR) is 443 cm³/mol. The van der Waals surface area contributed by atoms with Crippen molar-refractivity contribution < 1.29 is 77.2 Å². The molecule has 6 heterocycles. The van der Waals surface area contributed by atoms with Crippen LogP contribution in [0.4, 0.5) is 37.7 Å². The van der Waals surface area contributed by atoms with Crippen LogP contribution in [-0.2, 0) is 67.8 Å². The van der Waals surface area contributed by atoms with Crippen molar-refractivity contribution in [2.75, 3.05) is 30.1 Å². The van der Waals surface area contributed by atoms with Gasteiger partial charge in [0.25, 0.3) is 23.6 Å². The first-order valence-electron chi connectivity index (χ1n) is 42.0. The Kier molecular flexibility index (Phi) is 21.9. The fraction of sp³-hybridized carbons (Fsp3) is 0.272. The molecule has 4 fully saturated rings. The maximum Gasteiger partial charge on any atom is 0.291 e. The van der Waals surface area contributed by atoms with Crippen LogP contribution in [0.5, 0.6) is 0 Å². The second-order valence-corrected chi connectivity index (χ2v) is 34.5. The monoisotopic (exact) mass is 1730 g/mol. The van der Waals surface area contributed by atoms with Gasteiger partial charge < -0.3 is 31.1 Å². The molecular weight excluding hydrogens is 1650 g/mol. The first-order chi connectivity index (χ1) is 61.8. The number of nitrogens with zero attached hydrogens (tertiary/aromatic N) is 11. The summed E-state index contributed by atoms with van der Waals surface area (Å²) in [5.41, 5.74) is 7.07. The number of anilines is 2. The number of fused-ring (bicyclic) bond motifs is 12. The van der Waals surface area contributed by atoms with Crippen LogP contribution >= 0.6 is 0 Å². The van der Waals surface area contributed by atoms with Crippen molar-refractivity contribution in [3.8, 4) is 6.07 Å². The number of halogens is 6. The number of hydrogen-bond acceptors (Lipinski definition) is 17. The van der Waals surface area contributed by atoms with Crippen LogP contribution < -0.4 is 31.1 Å². The Labute approximate surface area is 720 Å². The Bertz CT molecular complexity index is 6650. The number of amides is 6. The molecule has 12 atom stereocenters. The number of nitrogens with one attached hydrogen (secondary N) is 6. The zero-order valence-corrected chi connectivity index (χ0v) is 68.0. The SMILES string of the molecule is CN1C(=O)[C@@H](NC(=O)c2n[nH]c(Cc3ccccc3)n2)[C@H]2C[C@H]2c2ccccc21.N#Cc1cccc(Cn2cc(F)c(C(=O)N[C@@H]3C(=O)Cc4c(F)cc(F)cc4[C@@H]4C[C@H]34)n2)c1.O=C(N[C@@H]1C(=O)Cc2c(F)cc(F)cc2[C@@H]2C[C@H]12)c1n[nH]c(Cc2ccccc2)n1.[2H]C([2H])([2H])N1C(=O)[C@@H](NC(=O)c2nn(Cc3ccccc3)cc2F)[C@H]2C[C@H]2c2cc(S(C)(=O)=O)ccc21. The first kappa shape index (κ1) is 80.1. The van der Waals surface area contributed by atoms with Gasteiger partial charge in [0.15, 0.2) is 44.4 Å². The van der Waals surface area contributed by atoms with Gasteiger partial charge in [-0.05, 0) is 177 Å². The van der Waals surface area contributed by atoms with E-state index in [-0.39, 0.29) is 106 Å². The molecular formula is C92H79F6N17O10S. The minimum Gasteiger partial charge on any atom is -0.340 e. The lowest BCUT2D eigenvalue weighted by Crippen LogP contribution is -2.48. The molecule has 4 saturated carbocycles. The molecule has 27 nitrogen and oxygen atoms in total. The van der Waals surface area contributed by atoms with Crippen LogP contribution in [-0.4, -0.2) is 150 Å². The molecule has 6 aliphatic carbocycles. The highest BCUT2D eigenvalue weighted by atomic mass is 32.2. The van der Waals surface area contributed by atoms with Gasteiger partial charge in [-0.2, -0.15) is 15.5 Å². The number of sulfone groups is 1. The molecule has 34 heteroatoms. The molecule has 6 N–H and O–H groups in total. The second-order valence-electron chi connectivity index (χ2n) is 32.5. The maximum absolute atomic E-state index is 14.7. The summed E-state index contributed by atoms with van der Waals surface area (Å²) in [6.45, 7) is -2.53. The van der Waals surface area contributed by atoms with Crippen molar-refractivity contribution in [1.82, 2.24) is 71.2 Å². The van der Waals surface area contributed by atoms with E-state index in [1.165, 1.54) is 45.3 Å². The summed E-state index contributed by atoms with van der Waals surface area (Å²) in [5, 5.41) is 41.3. The van der Waals surface area contributed by atoms with Crippen molar-refractivity contribution in [1.29, 1.82) is 5.26 Å². The zero-order chi connectivity index (χ0) is 90.8. The third-order valence-electron chi connectivity index (χ3n) is 24.0. The van der Waals surface area contributed by atoms with E-state index in [1.54, 1.807) is 36.2 Å². The van der Waals surface area contributed by atoms with Crippen LogP contribution in [0.3, 0.4) is 0 Å². The lowest BCUT2D eigenvalue weighted by atomic mass is 9.99. The smallest absolute Gasteiger partial charge is 0.291 e. The minimum atomic E-state index is -3.58. The fourth-order valence-corrected chi connectivity index (χ4v) is 18.1. The third kappa shape index (κ3) is 17.8. The van der Waals surface area contributed by atoms with Crippen molar-refractivity contribution in [3.63, 3.8) is 0 Å². The molecule has 640 valence electrons. The molecule has 8 aliphatic rings. The van der Waals surface area contributed by atoms with E-state index in [1.807, 2.05) is 115 Å². The number of aromatic amines is 2. The number of para-hydroxylation sites is 1. The number of ketones is 2. The predicted octanol–water partition coefficient (Wildman–Crippen LogP) is 10.6. The third-order valence-corrected chi connectivity index (χ3v) is 25.1. The molecule has 20 rings (SSSR count). The molecule has 12 aromatic rings. The van der Waals surface area contributed by atoms with E-state index in [0.29, 0.717) is 82.4 Å². The Balaban J connectivity index is 0.000000121. The van der Waals surface area contributed by atoms with Gasteiger partial charge in [-0.1, -0.05) is 121 Å². The van der Waals surface area contributed by atoms with E-state index in [2.05, 4.69) is 67.9 Å². The van der Waals surface area contributed by atoms with Gasteiger partial charge in [0, 0.05) is 73.6 Å². The largest absolute Gasteiger partial charge is 0.340 e. The van der Waals surface area contributed by atoms with Crippen molar-refractivity contribution in [2.45, 2.75) is 117 Å². The standard InChI is InChI=1S/C24H17F3N4O2.C24H23FN4O4S.C22H18F2N4O2.C22H21N5O2/c25-14-5-15-16-7-18(16)22(21(32)8-17(15)19(26)6-14)29-24(33)23-20(27)11-31(30-23)10-13-3-1-2-12(4-13)9-28;1-28-20-9-8-15(34(2,32)33)10-17(20)16-11-18(16)21(24(28)31)26-23(30)22-19(25)13-29(27-22)12-14-6-4-3-5-7-14;23-12-7-13-14-9-16(14)20(18(29)10-15(13)17(24)8-12)26-22(30)21-25-19(27-28-21)6-11-4-2-1-3-5-11;1-27-17-10-6-5-9-14(17)15-12-16(15)19(22(27)29)24-21(28)20-23-18(25-26-20)11-13-7-3-2-4-8-13/h1-6,11,16,18,22H,7-8,10H2,(H,29,33);3-10,13,16,18,21H,11-12H2,1-2H3,(H,26,30);1-5,7-8,14,16,20H,6,9-10H2,(H,26,30)(H,25,27,28);2-10,15-16,19H,11-12H2,1H3,(H,24,28)(H,23,25,26)/t16-,18-,22-;16-,18-,21-;14-,16-,20-;15-,16-,19-/m0000/s1/i;1D3;;. The van der Waals surface area contributed by atoms with Crippen LogP contribution in [0.2, 0.25) is 0 Å². The van der Waals surface area contributed by atoms with E-state index in [9.17, 15) is 73.1 Å². The molecule has 0 radical (unpaired) electrons. The highest BCUT2D eigenvalue weighted by Gasteiger charge is 2.56. The highest BCUT2D eigenvalue weighted by molar-refractivity contribution is 7.90. The van der Waals surface area contributed by atoms with Crippen LogP contribution in [0.25, 0.3) is 0 Å². The quantitative estimate of drug-likeness (QED) is 0.0461. The molecule has 126 heavy (non-hydrogen) atoms. The van der Waals surface area contributed by atoms with E-state index < -0.39 is 129 Å². The number of likely N-dealkylation sites (N-methyl/N-ethyl adjacent to an activating group) is 2. The number of benzene rings is 8. The number of carbonyl (C=O) groups is 8. The molecule has 6 amide bonds. The van der Waals surface area contributed by atoms with Gasteiger partial charge in [0.05, 0.1) is 54.1 Å². The molecule has 4 aromatic heterocycles. The molecule has 0 spiro atoms. The lowest BCUT2D eigenvalue weighted by molar-refractivity contribution is -0.121. The summed E-state index contributed by atoms with van der Waals surface area (Å²) in [5.74, 6) is -9.16. The normalized spacial score (nSPS) is 22.1. The zero-order valence-electron chi connectivity index (χ0n) is 70.2. The average molecular weight is 1730 g/mol. The summed E-state index contributed by atoms with van der Waals surface area (Å²) in [4.78, 5) is 114. The molecule has 8 aromatic carbocycles. The maximum atomic E-state index is 14.7. The summed E-state index contributed by atoms with van der Waals surface area (Å²) < 4.78 is 135. The number of carbonyl (C=O) groups excluding carboxylic acids is 8. The van der Waals surface area contributed by atoms with E-state index in [0.717, 1.165) is 59.6 Å². The van der Waals surface area contributed by atoms with Gasteiger partial charge >= 0.3 is 0 Å². The summed E-state index contributed by atoms with van der Waals surface area (Å²) in [6.07, 6.45) is 6.21. The Hall–Kier alpha value is -14.4. The van der Waals surface area contributed by atoms with Gasteiger partial charge in [0.1, 0.15) is 47.0 Å². The van der Waals surface area contributed by atoms with Crippen LogP contribution in [0, 0.1) is 69.9 Å². The van der Waals surface area contributed by atoms with Crippen LogP contribution in [0.15, 0.2) is 199 Å². The summed E-state index contributed by atoms with van der Waals surface area (Å²) >= 11 is 0. The average Bonchev–Trinajstić information content (AvgIpc) is 1.52. The molecule has 0 unspecified atom stereocenters. The van der Waals surface area contributed by atoms with Gasteiger partial charge in [-0.25, -0.2) is 44.7 Å². The van der Waals surface area contributed by atoms with Crippen LogP contribution in [0.1, 0.15) is 169 Å². The Morgan fingerprint density at radius 2 is 0.897 bits per heavy atom. The number of hydrogen-bond donors (Lipinski definition) is 6. The Morgan fingerprint density at radius 1 is 0.476 bits per heavy atom. The minimum absolute atomic E-state index is 0.00310. The van der Waals surface area contributed by atoms with Crippen molar-refractivity contribution in [2.24, 2.45) is 23.7 Å².